The van der Waals surface area contributed by atoms with Crippen LogP contribution in [-0.2, 0) is 36.9 Å². The minimum Gasteiger partial charge on any atom is -0.463 e. The van der Waals surface area contributed by atoms with Gasteiger partial charge in [-0.3, -0.25) is 0 Å². The lowest BCUT2D eigenvalue weighted by molar-refractivity contribution is -0.790. The number of esters is 2. The lowest BCUT2D eigenvalue weighted by Gasteiger charge is -2.14. The molecule has 1 unspecified atom stereocenters. The number of carbonyl (C=O) groups is 2. The number of aryl methyl sites for hydroxylation is 1. The number of H-pyrrole nitrogens is 1. The molecule has 0 aliphatic rings. The number of tetrazole rings is 1. The fraction of sp³-hybridized carbons (Fsp3) is 0.400. The second kappa shape index (κ2) is 18.0. The molecule has 49 heavy (non-hydrogen) atoms. The normalized spacial score (nSPS) is 11.5. The highest BCUT2D eigenvalue weighted by Crippen LogP contribution is 2.30. The van der Waals surface area contributed by atoms with Crippen molar-refractivity contribution in [2.24, 2.45) is 0 Å². The summed E-state index contributed by atoms with van der Waals surface area (Å²) in [5.74, 6) is -0.616. The summed E-state index contributed by atoms with van der Waals surface area (Å²) in [6.07, 6.45) is 1.67. The summed E-state index contributed by atoms with van der Waals surface area (Å²) in [5, 5.41) is 33.0. The smallest absolute Gasteiger partial charge is 0.358 e. The Bertz CT molecular complexity index is 1720. The molecule has 18 nitrogen and oxygen atoms in total. The molecular weight excluding hydrogens is 668 g/mol. The molecule has 0 amide bonds. The number of unbranched alkanes of at least 4 members (excludes halogenated alkanes) is 2. The van der Waals surface area contributed by atoms with Crippen molar-refractivity contribution in [2.45, 2.75) is 58.1 Å². The van der Waals surface area contributed by atoms with E-state index in [0.29, 0.717) is 18.1 Å². The van der Waals surface area contributed by atoms with E-state index in [0.717, 1.165) is 35.1 Å². The zero-order chi connectivity index (χ0) is 35.2. The van der Waals surface area contributed by atoms with Gasteiger partial charge in [-0.1, -0.05) is 73.5 Å². The van der Waals surface area contributed by atoms with Crippen molar-refractivity contribution in [1.29, 1.82) is 0 Å². The van der Waals surface area contributed by atoms with Gasteiger partial charge in [0.2, 0.25) is 5.82 Å². The lowest BCUT2D eigenvalue weighted by Crippen LogP contribution is -2.24. The van der Waals surface area contributed by atoms with Crippen LogP contribution in [0.15, 0.2) is 48.5 Å². The number of ether oxygens (including phenoxy) is 2. The third kappa shape index (κ3) is 10.7. The molecule has 2 aromatic carbocycles. The van der Waals surface area contributed by atoms with E-state index in [1.165, 1.54) is 0 Å². The molecule has 2 aromatic heterocycles. The maximum atomic E-state index is 13.2. The average molecular weight is 701 g/mol. The second-order valence-corrected chi connectivity index (χ2v) is 11.0. The van der Waals surface area contributed by atoms with E-state index in [2.05, 4.69) is 35.3 Å². The highest BCUT2D eigenvalue weighted by Gasteiger charge is 2.25. The molecule has 0 spiro atoms. The Labute approximate surface area is 283 Å². The molecule has 0 radical (unpaired) electrons. The van der Waals surface area contributed by atoms with E-state index in [-0.39, 0.29) is 43.3 Å². The highest BCUT2D eigenvalue weighted by molar-refractivity contribution is 6.32. The minimum atomic E-state index is -1.16. The van der Waals surface area contributed by atoms with Crippen LogP contribution in [0, 0.1) is 20.2 Å². The molecule has 1 N–H and O–H groups in total. The summed E-state index contributed by atoms with van der Waals surface area (Å²) in [4.78, 5) is 59.3. The Hall–Kier alpha value is -5.65. The van der Waals surface area contributed by atoms with Crippen LogP contribution in [0.2, 0.25) is 5.15 Å². The zero-order valence-electron chi connectivity index (χ0n) is 26.4. The van der Waals surface area contributed by atoms with Crippen LogP contribution in [0.1, 0.15) is 60.9 Å². The van der Waals surface area contributed by atoms with Crippen molar-refractivity contribution in [3.63, 3.8) is 0 Å². The monoisotopic (exact) mass is 700 g/mol. The van der Waals surface area contributed by atoms with Gasteiger partial charge in [-0.2, -0.15) is 5.21 Å². The number of hydrogen-bond acceptors (Lipinski definition) is 14. The number of nitrogens with one attached hydrogen (secondary N) is 1. The van der Waals surface area contributed by atoms with Crippen LogP contribution in [0.5, 0.6) is 0 Å². The maximum Gasteiger partial charge on any atom is 0.358 e. The van der Waals surface area contributed by atoms with Crippen LogP contribution in [0.25, 0.3) is 22.5 Å². The molecule has 0 saturated carbocycles. The largest absolute Gasteiger partial charge is 0.463 e. The average Bonchev–Trinajstić information content (AvgIpc) is 3.73. The number of halogens is 1. The van der Waals surface area contributed by atoms with Gasteiger partial charge in [-0.05, 0) is 47.6 Å². The van der Waals surface area contributed by atoms with Gasteiger partial charge in [0.1, 0.15) is 18.5 Å². The number of hydrogen-bond donors (Lipinski definition) is 1. The molecule has 0 saturated heterocycles. The summed E-state index contributed by atoms with van der Waals surface area (Å²) in [5.41, 5.74) is 3.51. The van der Waals surface area contributed by atoms with Gasteiger partial charge < -0.3 is 23.7 Å². The molecule has 0 aliphatic heterocycles. The summed E-state index contributed by atoms with van der Waals surface area (Å²) >= 11 is 6.43. The van der Waals surface area contributed by atoms with E-state index in [1.807, 2.05) is 55.5 Å². The van der Waals surface area contributed by atoms with Crippen LogP contribution < -0.4 is 0 Å². The Morgan fingerprint density at radius 3 is 2.43 bits per heavy atom. The SMILES string of the molecule is CCCCc1nc(Cl)c(C(=O)OCC(=O)OCCCCC(CO[N+](=O)[O-])O[N+](=O)[O-])n1Cc1ccc(-c2ccccc2-c2nn[nH]n2)cc1. The van der Waals surface area contributed by atoms with Crippen molar-refractivity contribution in [3.8, 4) is 22.5 Å². The van der Waals surface area contributed by atoms with Gasteiger partial charge in [-0.25, -0.2) is 14.6 Å². The fourth-order valence-corrected chi connectivity index (χ4v) is 5.14. The van der Waals surface area contributed by atoms with Gasteiger partial charge in [0.25, 0.3) is 10.2 Å². The molecule has 19 heteroatoms. The molecule has 0 aliphatic carbocycles. The minimum absolute atomic E-state index is 0.000809. The molecule has 1 atom stereocenters. The molecular formula is C30H33ClN8O10. The maximum absolute atomic E-state index is 13.2. The standard InChI is InChI=1S/C30H33ClN8O10/c1-2-3-11-25-32-28(31)27(30(41)47-19-26(40)46-16-7-6-8-22(49-39(44)45)18-48-38(42)43)37(25)17-20-12-14-21(15-13-20)23-9-4-5-10-24(23)29-33-35-36-34-29/h4-5,9-10,12-15,22H,2-3,6-8,11,16-19H2,1H3,(H,33,34,35,36). The number of imidazole rings is 1. The highest BCUT2D eigenvalue weighted by atomic mass is 35.5. The van der Waals surface area contributed by atoms with Gasteiger partial charge in [0.15, 0.2) is 17.5 Å². The number of benzene rings is 2. The predicted molar refractivity (Wildman–Crippen MR) is 170 cm³/mol. The van der Waals surface area contributed by atoms with Crippen molar-refractivity contribution in [3.05, 3.63) is 91.0 Å². The number of aromatic amines is 1. The van der Waals surface area contributed by atoms with Crippen molar-refractivity contribution >= 4 is 23.5 Å². The van der Waals surface area contributed by atoms with E-state index < -0.39 is 41.4 Å². The second-order valence-electron chi connectivity index (χ2n) is 10.6. The molecule has 0 fully saturated rings. The summed E-state index contributed by atoms with van der Waals surface area (Å²) in [6.45, 7) is 0.889. The first-order valence-electron chi connectivity index (χ1n) is 15.2. The van der Waals surface area contributed by atoms with E-state index in [9.17, 15) is 29.8 Å². The summed E-state index contributed by atoms with van der Waals surface area (Å²) < 4.78 is 12.0. The topological polar surface area (TPSA) is 230 Å². The molecule has 4 rings (SSSR count). The van der Waals surface area contributed by atoms with Gasteiger partial charge in [-0.15, -0.1) is 30.4 Å². The third-order valence-corrected chi connectivity index (χ3v) is 7.44. The Morgan fingerprint density at radius 1 is 1.00 bits per heavy atom. The van der Waals surface area contributed by atoms with E-state index in [1.54, 1.807) is 4.57 Å². The van der Waals surface area contributed by atoms with Crippen LogP contribution in [0.4, 0.5) is 0 Å². The first-order valence-corrected chi connectivity index (χ1v) is 15.6. The molecule has 2 heterocycles. The van der Waals surface area contributed by atoms with Crippen LogP contribution in [-0.4, -0.2) is 78.2 Å². The van der Waals surface area contributed by atoms with Crippen LogP contribution in [0.3, 0.4) is 0 Å². The van der Waals surface area contributed by atoms with E-state index >= 15 is 0 Å². The number of nitrogens with zero attached hydrogens (tertiary/aromatic N) is 7. The summed E-state index contributed by atoms with van der Waals surface area (Å²) in [7, 11) is 0. The van der Waals surface area contributed by atoms with Gasteiger partial charge in [0, 0.05) is 18.5 Å². The first-order chi connectivity index (χ1) is 23.7. The Kier molecular flexibility index (Phi) is 13.3. The summed E-state index contributed by atoms with van der Waals surface area (Å²) in [6, 6.07) is 15.4. The van der Waals surface area contributed by atoms with Crippen molar-refractivity contribution in [1.82, 2.24) is 30.2 Å². The predicted octanol–water partition coefficient (Wildman–Crippen LogP) is 4.43. The molecule has 260 valence electrons. The fourth-order valence-electron chi connectivity index (χ4n) is 4.86. The molecule has 4 aromatic rings. The Balaban J connectivity index is 1.36. The quantitative estimate of drug-likeness (QED) is 0.0582. The van der Waals surface area contributed by atoms with Crippen molar-refractivity contribution in [2.75, 3.05) is 19.8 Å². The number of aromatic nitrogens is 6. The lowest BCUT2D eigenvalue weighted by atomic mass is 9.98. The third-order valence-electron chi connectivity index (χ3n) is 7.18. The molecule has 0 bridgehead atoms. The van der Waals surface area contributed by atoms with Gasteiger partial charge >= 0.3 is 11.9 Å². The van der Waals surface area contributed by atoms with Gasteiger partial charge in [0.05, 0.1) is 6.61 Å². The number of carbonyl (C=O) groups excluding carboxylic acids is 2. The van der Waals surface area contributed by atoms with Crippen molar-refractivity contribution < 1.29 is 38.9 Å². The first kappa shape index (κ1) is 36.2. The number of rotatable bonds is 20. The Morgan fingerprint density at radius 2 is 1.76 bits per heavy atom. The zero-order valence-corrected chi connectivity index (χ0v) is 27.1. The van der Waals surface area contributed by atoms with Crippen LogP contribution >= 0.6 is 11.6 Å². The van der Waals surface area contributed by atoms with E-state index in [4.69, 9.17) is 21.1 Å².